The maximum atomic E-state index is 9.69. The highest BCUT2D eigenvalue weighted by molar-refractivity contribution is 4.82. The minimum absolute atomic E-state index is 0.318. The van der Waals surface area contributed by atoms with Gasteiger partial charge in [-0.2, -0.15) is 0 Å². The molecule has 20 heavy (non-hydrogen) atoms. The molecule has 1 heteroatoms. The maximum Gasteiger partial charge on any atom is 0.0487 e. The lowest BCUT2D eigenvalue weighted by Crippen LogP contribution is -2.28. The molecular formula is C19H38O. The van der Waals surface area contributed by atoms with E-state index in [0.717, 1.165) is 0 Å². The molecule has 1 nitrogen and oxygen atoms in total. The molecule has 0 unspecified atom stereocenters. The average molecular weight is 283 g/mol. The van der Waals surface area contributed by atoms with Crippen LogP contribution in [0.15, 0.2) is 0 Å². The molecule has 0 aliphatic heterocycles. The molecule has 1 saturated carbocycles. The Balaban J connectivity index is 1.91. The summed E-state index contributed by atoms with van der Waals surface area (Å²) in [6.07, 6.45) is 22.0. The fraction of sp³-hybridized carbons (Fsp3) is 1.00. The SMILES string of the molecule is CCCCCCCCCCCCC1(CO)CCCCC1. The summed E-state index contributed by atoms with van der Waals surface area (Å²) in [6, 6.07) is 0. The van der Waals surface area contributed by atoms with Crippen LogP contribution in [0.1, 0.15) is 110 Å². The fourth-order valence-corrected chi connectivity index (χ4v) is 3.78. The largest absolute Gasteiger partial charge is 0.396 e. The van der Waals surface area contributed by atoms with Gasteiger partial charge in [0.1, 0.15) is 0 Å². The smallest absolute Gasteiger partial charge is 0.0487 e. The lowest BCUT2D eigenvalue weighted by molar-refractivity contribution is 0.0706. The number of aliphatic hydroxyl groups excluding tert-OH is 1. The maximum absolute atomic E-state index is 9.69. The second kappa shape index (κ2) is 11.6. The normalized spacial score (nSPS) is 18.3. The van der Waals surface area contributed by atoms with E-state index in [1.807, 2.05) is 0 Å². The molecule has 0 radical (unpaired) electrons. The minimum atomic E-state index is 0.318. The summed E-state index contributed by atoms with van der Waals surface area (Å²) in [4.78, 5) is 0. The summed E-state index contributed by atoms with van der Waals surface area (Å²) < 4.78 is 0. The Kier molecular flexibility index (Phi) is 10.4. The van der Waals surface area contributed by atoms with E-state index in [9.17, 15) is 5.11 Å². The monoisotopic (exact) mass is 282 g/mol. The Morgan fingerprint density at radius 2 is 1.20 bits per heavy atom. The van der Waals surface area contributed by atoms with Gasteiger partial charge >= 0.3 is 0 Å². The second-order valence-corrected chi connectivity index (χ2v) is 7.15. The molecule has 1 fully saturated rings. The standard InChI is InChI=1S/C19H38O/c1-2-3-4-5-6-7-8-9-10-12-15-19(18-20)16-13-11-14-17-19/h20H,2-18H2,1H3. The summed E-state index contributed by atoms with van der Waals surface area (Å²) in [5.41, 5.74) is 0.318. The summed E-state index contributed by atoms with van der Waals surface area (Å²) >= 11 is 0. The van der Waals surface area contributed by atoms with Crippen molar-refractivity contribution in [1.29, 1.82) is 0 Å². The molecule has 0 atom stereocenters. The number of unbranched alkanes of at least 4 members (excludes halogenated alkanes) is 9. The Labute approximate surface area is 127 Å². The van der Waals surface area contributed by atoms with E-state index in [1.165, 1.54) is 103 Å². The van der Waals surface area contributed by atoms with Gasteiger partial charge in [0.2, 0.25) is 0 Å². The fourth-order valence-electron chi connectivity index (χ4n) is 3.78. The van der Waals surface area contributed by atoms with Crippen molar-refractivity contribution in [3.63, 3.8) is 0 Å². The summed E-state index contributed by atoms with van der Waals surface area (Å²) in [6.45, 7) is 2.72. The van der Waals surface area contributed by atoms with Gasteiger partial charge in [0.15, 0.2) is 0 Å². The molecule has 0 amide bonds. The van der Waals surface area contributed by atoms with Crippen molar-refractivity contribution < 1.29 is 5.11 Å². The quantitative estimate of drug-likeness (QED) is 0.420. The lowest BCUT2D eigenvalue weighted by Gasteiger charge is -2.35. The zero-order valence-corrected chi connectivity index (χ0v) is 14.0. The van der Waals surface area contributed by atoms with Gasteiger partial charge in [-0.3, -0.25) is 0 Å². The van der Waals surface area contributed by atoms with Gasteiger partial charge < -0.3 is 5.11 Å². The van der Waals surface area contributed by atoms with Gasteiger partial charge in [0, 0.05) is 6.61 Å². The summed E-state index contributed by atoms with van der Waals surface area (Å²) in [7, 11) is 0. The van der Waals surface area contributed by atoms with Crippen LogP contribution in [0.4, 0.5) is 0 Å². The first kappa shape index (κ1) is 18.0. The third-order valence-corrected chi connectivity index (χ3v) is 5.31. The van der Waals surface area contributed by atoms with Crippen LogP contribution in [-0.2, 0) is 0 Å². The Morgan fingerprint density at radius 3 is 1.70 bits per heavy atom. The second-order valence-electron chi connectivity index (χ2n) is 7.15. The molecule has 1 aliphatic rings. The number of aliphatic hydroxyl groups is 1. The van der Waals surface area contributed by atoms with Gasteiger partial charge in [0.25, 0.3) is 0 Å². The third kappa shape index (κ3) is 7.67. The van der Waals surface area contributed by atoms with Gasteiger partial charge in [-0.15, -0.1) is 0 Å². The van der Waals surface area contributed by atoms with E-state index in [0.29, 0.717) is 12.0 Å². The predicted molar refractivity (Wildman–Crippen MR) is 89.1 cm³/mol. The number of hydrogen-bond donors (Lipinski definition) is 1. The first-order valence-electron chi connectivity index (χ1n) is 9.44. The number of rotatable bonds is 12. The van der Waals surface area contributed by atoms with Crippen LogP contribution in [0.2, 0.25) is 0 Å². The van der Waals surface area contributed by atoms with Crippen LogP contribution < -0.4 is 0 Å². The Morgan fingerprint density at radius 1 is 0.700 bits per heavy atom. The van der Waals surface area contributed by atoms with Crippen molar-refractivity contribution in [2.45, 2.75) is 110 Å². The first-order chi connectivity index (χ1) is 9.83. The number of hydrogen-bond acceptors (Lipinski definition) is 1. The molecule has 0 saturated heterocycles. The van der Waals surface area contributed by atoms with E-state index >= 15 is 0 Å². The van der Waals surface area contributed by atoms with Gasteiger partial charge in [-0.05, 0) is 24.7 Å². The highest BCUT2D eigenvalue weighted by Crippen LogP contribution is 2.40. The highest BCUT2D eigenvalue weighted by Gasteiger charge is 2.30. The van der Waals surface area contributed by atoms with Crippen molar-refractivity contribution in [3.05, 3.63) is 0 Å². The van der Waals surface area contributed by atoms with Crippen molar-refractivity contribution in [2.24, 2.45) is 5.41 Å². The molecule has 0 aromatic rings. The van der Waals surface area contributed by atoms with E-state index in [-0.39, 0.29) is 0 Å². The van der Waals surface area contributed by atoms with E-state index in [1.54, 1.807) is 0 Å². The molecule has 0 aromatic heterocycles. The van der Waals surface area contributed by atoms with Crippen molar-refractivity contribution >= 4 is 0 Å². The zero-order valence-electron chi connectivity index (χ0n) is 14.0. The van der Waals surface area contributed by atoms with E-state index in [2.05, 4.69) is 6.92 Å². The summed E-state index contributed by atoms with van der Waals surface area (Å²) in [5.74, 6) is 0. The first-order valence-corrected chi connectivity index (χ1v) is 9.44. The topological polar surface area (TPSA) is 20.2 Å². The Hall–Kier alpha value is -0.0400. The Bertz CT molecular complexity index is 206. The van der Waals surface area contributed by atoms with Crippen LogP contribution in [0, 0.1) is 5.41 Å². The van der Waals surface area contributed by atoms with Crippen LogP contribution in [0.5, 0.6) is 0 Å². The molecule has 0 spiro atoms. The van der Waals surface area contributed by atoms with E-state index in [4.69, 9.17) is 0 Å². The summed E-state index contributed by atoms with van der Waals surface area (Å²) in [5, 5.41) is 9.69. The van der Waals surface area contributed by atoms with E-state index < -0.39 is 0 Å². The molecule has 0 bridgehead atoms. The predicted octanol–water partition coefficient (Wildman–Crippen LogP) is 6.24. The third-order valence-electron chi connectivity index (χ3n) is 5.31. The van der Waals surface area contributed by atoms with Crippen molar-refractivity contribution in [3.8, 4) is 0 Å². The molecule has 0 heterocycles. The van der Waals surface area contributed by atoms with Crippen LogP contribution in [0.3, 0.4) is 0 Å². The van der Waals surface area contributed by atoms with Gasteiger partial charge in [-0.1, -0.05) is 90.4 Å². The molecule has 120 valence electrons. The van der Waals surface area contributed by atoms with Crippen molar-refractivity contribution in [2.75, 3.05) is 6.61 Å². The van der Waals surface area contributed by atoms with Crippen LogP contribution in [0.25, 0.3) is 0 Å². The zero-order chi connectivity index (χ0) is 14.5. The van der Waals surface area contributed by atoms with Crippen LogP contribution >= 0.6 is 0 Å². The van der Waals surface area contributed by atoms with Crippen molar-refractivity contribution in [1.82, 2.24) is 0 Å². The molecule has 1 aliphatic carbocycles. The van der Waals surface area contributed by atoms with Gasteiger partial charge in [-0.25, -0.2) is 0 Å². The molecule has 1 rings (SSSR count). The lowest BCUT2D eigenvalue weighted by atomic mass is 9.71. The average Bonchev–Trinajstić information content (AvgIpc) is 2.50. The molecule has 0 aromatic carbocycles. The highest BCUT2D eigenvalue weighted by atomic mass is 16.3. The minimum Gasteiger partial charge on any atom is -0.396 e. The van der Waals surface area contributed by atoms with Gasteiger partial charge in [0.05, 0.1) is 0 Å². The van der Waals surface area contributed by atoms with Crippen LogP contribution in [-0.4, -0.2) is 11.7 Å². The molecule has 1 N–H and O–H groups in total. The molecular weight excluding hydrogens is 244 g/mol.